The third-order valence-corrected chi connectivity index (χ3v) is 4.55. The number of hydrogen-bond acceptors (Lipinski definition) is 3. The molecule has 28 heavy (non-hydrogen) atoms. The monoisotopic (exact) mass is 376 g/mol. The van der Waals surface area contributed by atoms with Gasteiger partial charge in [0, 0.05) is 6.54 Å². The van der Waals surface area contributed by atoms with Crippen molar-refractivity contribution in [3.8, 4) is 5.75 Å². The van der Waals surface area contributed by atoms with Gasteiger partial charge in [-0.25, -0.2) is 0 Å². The van der Waals surface area contributed by atoms with Crippen LogP contribution in [0.25, 0.3) is 10.8 Å². The van der Waals surface area contributed by atoms with Gasteiger partial charge in [-0.15, -0.1) is 0 Å². The lowest BCUT2D eigenvalue weighted by Crippen LogP contribution is -2.26. The topological polar surface area (TPSA) is 67.4 Å². The lowest BCUT2D eigenvalue weighted by atomic mass is 10.0. The minimum absolute atomic E-state index is 0.199. The van der Waals surface area contributed by atoms with Crippen LogP contribution in [0.1, 0.15) is 40.5 Å². The van der Waals surface area contributed by atoms with Gasteiger partial charge in [-0.05, 0) is 41.5 Å². The first-order valence-corrected chi connectivity index (χ1v) is 9.39. The molecule has 144 valence electrons. The van der Waals surface area contributed by atoms with Crippen molar-refractivity contribution >= 4 is 28.3 Å². The van der Waals surface area contributed by atoms with Gasteiger partial charge >= 0.3 is 0 Å². The van der Waals surface area contributed by atoms with Crippen molar-refractivity contribution < 1.29 is 14.3 Å². The molecule has 0 aliphatic heterocycles. The summed E-state index contributed by atoms with van der Waals surface area (Å²) in [6, 6.07) is 18.4. The Hall–Kier alpha value is -3.34. The van der Waals surface area contributed by atoms with E-state index >= 15 is 0 Å². The van der Waals surface area contributed by atoms with Crippen LogP contribution in [0.3, 0.4) is 0 Å². The average Bonchev–Trinajstić information content (AvgIpc) is 2.73. The number of anilines is 1. The zero-order valence-electron chi connectivity index (χ0n) is 16.1. The van der Waals surface area contributed by atoms with Crippen LogP contribution in [0.4, 0.5) is 5.69 Å². The number of para-hydroxylation sites is 1. The van der Waals surface area contributed by atoms with Crippen molar-refractivity contribution in [1.29, 1.82) is 0 Å². The SMILES string of the molecule is CCCCNC(=O)c1ccccc1NC(=O)c1cc2ccccc2cc1OC. The predicted molar refractivity (Wildman–Crippen MR) is 112 cm³/mol. The number of hydrogen-bond donors (Lipinski definition) is 2. The van der Waals surface area contributed by atoms with E-state index in [2.05, 4.69) is 17.6 Å². The van der Waals surface area contributed by atoms with E-state index in [9.17, 15) is 9.59 Å². The number of unbranched alkanes of at least 4 members (excludes halogenated alkanes) is 1. The summed E-state index contributed by atoms with van der Waals surface area (Å²) in [6.45, 7) is 2.67. The Balaban J connectivity index is 1.87. The van der Waals surface area contributed by atoms with E-state index in [1.165, 1.54) is 7.11 Å². The minimum Gasteiger partial charge on any atom is -0.496 e. The highest BCUT2D eigenvalue weighted by Gasteiger charge is 2.17. The summed E-state index contributed by atoms with van der Waals surface area (Å²) in [5, 5.41) is 7.68. The fourth-order valence-electron chi connectivity index (χ4n) is 3.02. The smallest absolute Gasteiger partial charge is 0.259 e. The first kappa shape index (κ1) is 19.4. The van der Waals surface area contributed by atoms with Crippen molar-refractivity contribution in [1.82, 2.24) is 5.32 Å². The molecular formula is C23H24N2O3. The zero-order valence-corrected chi connectivity index (χ0v) is 16.1. The molecule has 0 unspecified atom stereocenters. The maximum Gasteiger partial charge on any atom is 0.259 e. The van der Waals surface area contributed by atoms with Gasteiger partial charge in [0.25, 0.3) is 11.8 Å². The molecule has 0 aliphatic rings. The van der Waals surface area contributed by atoms with Gasteiger partial charge in [0.15, 0.2) is 0 Å². The van der Waals surface area contributed by atoms with Crippen molar-refractivity contribution in [3.63, 3.8) is 0 Å². The number of carbonyl (C=O) groups is 2. The van der Waals surface area contributed by atoms with Crippen molar-refractivity contribution in [3.05, 3.63) is 71.8 Å². The Bertz CT molecular complexity index is 998. The summed E-state index contributed by atoms with van der Waals surface area (Å²) in [6.07, 6.45) is 1.91. The second kappa shape index (κ2) is 9.04. The van der Waals surface area contributed by atoms with Crippen LogP contribution in [-0.2, 0) is 0 Å². The number of fused-ring (bicyclic) bond motifs is 1. The van der Waals surface area contributed by atoms with Crippen molar-refractivity contribution in [2.45, 2.75) is 19.8 Å². The Kier molecular flexibility index (Phi) is 6.27. The van der Waals surface area contributed by atoms with E-state index in [0.717, 1.165) is 23.6 Å². The molecule has 0 saturated carbocycles. The first-order chi connectivity index (χ1) is 13.6. The quantitative estimate of drug-likeness (QED) is 0.591. The first-order valence-electron chi connectivity index (χ1n) is 9.39. The predicted octanol–water partition coefficient (Wildman–Crippen LogP) is 4.63. The average molecular weight is 376 g/mol. The largest absolute Gasteiger partial charge is 0.496 e. The summed E-state index contributed by atoms with van der Waals surface area (Å²) in [5.41, 5.74) is 1.32. The molecule has 0 fully saturated rings. The van der Waals surface area contributed by atoms with Crippen LogP contribution in [0.2, 0.25) is 0 Å². The number of nitrogens with one attached hydrogen (secondary N) is 2. The lowest BCUT2D eigenvalue weighted by molar-refractivity contribution is 0.0954. The van der Waals surface area contributed by atoms with Crippen molar-refractivity contribution in [2.75, 3.05) is 19.0 Å². The molecule has 0 aliphatic carbocycles. The Morgan fingerprint density at radius 1 is 0.893 bits per heavy atom. The van der Waals surface area contributed by atoms with E-state index in [1.807, 2.05) is 30.3 Å². The van der Waals surface area contributed by atoms with Crippen LogP contribution < -0.4 is 15.4 Å². The Morgan fingerprint density at radius 2 is 1.57 bits per heavy atom. The molecule has 0 heterocycles. The summed E-state index contributed by atoms with van der Waals surface area (Å²) >= 11 is 0. The van der Waals surface area contributed by atoms with Crippen LogP contribution in [-0.4, -0.2) is 25.5 Å². The molecule has 0 atom stereocenters. The summed E-state index contributed by atoms with van der Waals surface area (Å²) in [5.74, 6) is -0.0349. The molecule has 0 saturated heterocycles. The van der Waals surface area contributed by atoms with E-state index in [-0.39, 0.29) is 11.8 Å². The highest BCUT2D eigenvalue weighted by atomic mass is 16.5. The fraction of sp³-hybridized carbons (Fsp3) is 0.217. The number of methoxy groups -OCH3 is 1. The fourth-order valence-corrected chi connectivity index (χ4v) is 3.02. The number of ether oxygens (including phenoxy) is 1. The summed E-state index contributed by atoms with van der Waals surface area (Å²) < 4.78 is 5.42. The van der Waals surface area contributed by atoms with E-state index in [1.54, 1.807) is 30.3 Å². The number of carbonyl (C=O) groups excluding carboxylic acids is 2. The second-order valence-electron chi connectivity index (χ2n) is 6.51. The van der Waals surface area contributed by atoms with E-state index < -0.39 is 0 Å². The Morgan fingerprint density at radius 3 is 2.29 bits per heavy atom. The number of rotatable bonds is 7. The second-order valence-corrected chi connectivity index (χ2v) is 6.51. The molecule has 0 spiro atoms. The maximum atomic E-state index is 12.9. The van der Waals surface area contributed by atoms with Gasteiger partial charge in [0.2, 0.25) is 0 Å². The standard InChI is InChI=1S/C23H24N2O3/c1-3-4-13-24-22(26)18-11-7-8-12-20(18)25-23(27)19-14-16-9-5-6-10-17(16)15-21(19)28-2/h5-12,14-15H,3-4,13H2,1-2H3,(H,24,26)(H,25,27). The van der Waals surface area contributed by atoms with Gasteiger partial charge in [-0.2, -0.15) is 0 Å². The highest BCUT2D eigenvalue weighted by Crippen LogP contribution is 2.27. The molecule has 0 aromatic heterocycles. The Labute approximate surface area is 164 Å². The number of amides is 2. The molecule has 0 radical (unpaired) electrons. The molecule has 5 heteroatoms. The van der Waals surface area contributed by atoms with Crippen molar-refractivity contribution in [2.24, 2.45) is 0 Å². The third kappa shape index (κ3) is 4.31. The third-order valence-electron chi connectivity index (χ3n) is 4.55. The van der Waals surface area contributed by atoms with Gasteiger partial charge in [-0.3, -0.25) is 9.59 Å². The molecule has 5 nitrogen and oxygen atoms in total. The molecule has 2 amide bonds. The normalized spacial score (nSPS) is 10.5. The van der Waals surface area contributed by atoms with Gasteiger partial charge in [0.05, 0.1) is 23.9 Å². The number of benzene rings is 3. The summed E-state index contributed by atoms with van der Waals surface area (Å²) in [7, 11) is 1.54. The van der Waals surface area contributed by atoms with Gasteiger partial charge in [-0.1, -0.05) is 49.7 Å². The van der Waals surface area contributed by atoms with Crippen LogP contribution >= 0.6 is 0 Å². The van der Waals surface area contributed by atoms with Gasteiger partial charge < -0.3 is 15.4 Å². The van der Waals surface area contributed by atoms with Crippen LogP contribution in [0.5, 0.6) is 5.75 Å². The molecule has 0 bridgehead atoms. The van der Waals surface area contributed by atoms with Crippen LogP contribution in [0.15, 0.2) is 60.7 Å². The van der Waals surface area contributed by atoms with Crippen LogP contribution in [0, 0.1) is 0 Å². The zero-order chi connectivity index (χ0) is 19.9. The molecule has 2 N–H and O–H groups in total. The van der Waals surface area contributed by atoms with E-state index in [0.29, 0.717) is 29.1 Å². The minimum atomic E-state index is -0.323. The molecule has 3 aromatic rings. The van der Waals surface area contributed by atoms with E-state index in [4.69, 9.17) is 4.74 Å². The molecule has 3 aromatic carbocycles. The van der Waals surface area contributed by atoms with Gasteiger partial charge in [0.1, 0.15) is 5.75 Å². The summed E-state index contributed by atoms with van der Waals surface area (Å²) in [4.78, 5) is 25.4. The maximum absolute atomic E-state index is 12.9. The highest BCUT2D eigenvalue weighted by molar-refractivity contribution is 6.11. The lowest BCUT2D eigenvalue weighted by Gasteiger charge is -2.14. The molecule has 3 rings (SSSR count). The molecular weight excluding hydrogens is 352 g/mol.